The van der Waals surface area contributed by atoms with Crippen LogP contribution in [0, 0.1) is 0 Å². The average Bonchev–Trinajstić information content (AvgIpc) is 3.25. The molecule has 1 atom stereocenters. The van der Waals surface area contributed by atoms with Gasteiger partial charge in [0.25, 0.3) is 0 Å². The standard InChI is InChI=1S/C24H29N5O2/c1-18(2)29-17-19(14-26-29)16-28-13-7-6-10-22(28)24(30)27-20-11-12-23(25-15-20)31-21-8-4-3-5-9-21/h3-5,8-9,11-12,14-15,17-18,22H,6-7,10,13,16H2,1-2H3,(H,27,30)/t22-/m1/s1. The lowest BCUT2D eigenvalue weighted by Gasteiger charge is -2.34. The van der Waals surface area contributed by atoms with Crippen LogP contribution >= 0.6 is 0 Å². The van der Waals surface area contributed by atoms with Crippen molar-refractivity contribution in [3.05, 3.63) is 66.6 Å². The number of anilines is 1. The molecule has 0 radical (unpaired) electrons. The Balaban J connectivity index is 1.37. The number of carbonyl (C=O) groups is 1. The molecule has 7 heteroatoms. The predicted octanol–water partition coefficient (Wildman–Crippen LogP) is 4.64. The molecular formula is C24H29N5O2. The fraction of sp³-hybridized carbons (Fsp3) is 0.375. The summed E-state index contributed by atoms with van der Waals surface area (Å²) in [7, 11) is 0. The van der Waals surface area contributed by atoms with Gasteiger partial charge in [0.2, 0.25) is 11.8 Å². The smallest absolute Gasteiger partial charge is 0.241 e. The number of ether oxygens (including phenoxy) is 1. The minimum absolute atomic E-state index is 0.00878. The van der Waals surface area contributed by atoms with E-state index >= 15 is 0 Å². The van der Waals surface area contributed by atoms with Gasteiger partial charge in [-0.3, -0.25) is 14.4 Å². The summed E-state index contributed by atoms with van der Waals surface area (Å²) < 4.78 is 7.67. The summed E-state index contributed by atoms with van der Waals surface area (Å²) in [5, 5.41) is 7.45. The highest BCUT2D eigenvalue weighted by molar-refractivity contribution is 5.94. The number of hydrogen-bond acceptors (Lipinski definition) is 5. The molecule has 1 aliphatic rings. The van der Waals surface area contributed by atoms with Crippen molar-refractivity contribution >= 4 is 11.6 Å². The Morgan fingerprint density at radius 1 is 1.16 bits per heavy atom. The number of likely N-dealkylation sites (tertiary alicyclic amines) is 1. The van der Waals surface area contributed by atoms with Crippen LogP contribution in [0.4, 0.5) is 5.69 Å². The van der Waals surface area contributed by atoms with Crippen molar-refractivity contribution in [3.8, 4) is 11.6 Å². The lowest BCUT2D eigenvalue weighted by molar-refractivity contribution is -0.122. The summed E-state index contributed by atoms with van der Waals surface area (Å²) >= 11 is 0. The Bertz CT molecular complexity index is 985. The number of amides is 1. The number of piperidine rings is 1. The van der Waals surface area contributed by atoms with E-state index in [0.717, 1.165) is 43.7 Å². The van der Waals surface area contributed by atoms with E-state index in [1.54, 1.807) is 12.3 Å². The van der Waals surface area contributed by atoms with E-state index in [2.05, 4.69) is 40.3 Å². The lowest BCUT2D eigenvalue weighted by Crippen LogP contribution is -2.46. The minimum Gasteiger partial charge on any atom is -0.439 e. The summed E-state index contributed by atoms with van der Waals surface area (Å²) in [5.74, 6) is 1.23. The van der Waals surface area contributed by atoms with Gasteiger partial charge in [0.15, 0.2) is 0 Å². The van der Waals surface area contributed by atoms with Crippen LogP contribution in [0.1, 0.15) is 44.7 Å². The number of rotatable bonds is 7. The Morgan fingerprint density at radius 2 is 2.00 bits per heavy atom. The summed E-state index contributed by atoms with van der Waals surface area (Å²) in [6.07, 6.45) is 8.63. The van der Waals surface area contributed by atoms with Gasteiger partial charge in [0, 0.05) is 30.4 Å². The molecule has 0 aliphatic carbocycles. The third-order valence-electron chi connectivity index (χ3n) is 5.46. The van der Waals surface area contributed by atoms with Crippen molar-refractivity contribution in [1.82, 2.24) is 19.7 Å². The maximum absolute atomic E-state index is 13.0. The van der Waals surface area contributed by atoms with Crippen LogP contribution < -0.4 is 10.1 Å². The second kappa shape index (κ2) is 9.75. The van der Waals surface area contributed by atoms with E-state index in [4.69, 9.17) is 4.74 Å². The van der Waals surface area contributed by atoms with Crippen molar-refractivity contribution in [2.45, 2.75) is 51.7 Å². The van der Waals surface area contributed by atoms with E-state index in [1.165, 1.54) is 0 Å². The Hall–Kier alpha value is -3.19. The Morgan fingerprint density at radius 3 is 2.71 bits per heavy atom. The van der Waals surface area contributed by atoms with Crippen LogP contribution in [0.15, 0.2) is 61.1 Å². The number of pyridine rings is 1. The third kappa shape index (κ3) is 5.49. The molecule has 1 fully saturated rings. The first-order valence-electron chi connectivity index (χ1n) is 10.9. The molecule has 0 unspecified atom stereocenters. The Kier molecular flexibility index (Phi) is 6.62. The number of hydrogen-bond donors (Lipinski definition) is 1. The van der Waals surface area contributed by atoms with Crippen LogP contribution in [0.2, 0.25) is 0 Å². The van der Waals surface area contributed by atoms with E-state index < -0.39 is 0 Å². The van der Waals surface area contributed by atoms with Gasteiger partial charge < -0.3 is 10.1 Å². The van der Waals surface area contributed by atoms with Crippen molar-refractivity contribution in [3.63, 3.8) is 0 Å². The molecule has 1 aromatic carbocycles. The van der Waals surface area contributed by atoms with Crippen molar-refractivity contribution < 1.29 is 9.53 Å². The molecule has 2 aromatic heterocycles. The number of para-hydroxylation sites is 1. The molecule has 162 valence electrons. The zero-order chi connectivity index (χ0) is 21.6. The van der Waals surface area contributed by atoms with E-state index in [0.29, 0.717) is 17.6 Å². The molecule has 1 saturated heterocycles. The molecule has 7 nitrogen and oxygen atoms in total. The zero-order valence-corrected chi connectivity index (χ0v) is 18.1. The lowest BCUT2D eigenvalue weighted by atomic mass is 10.0. The molecule has 0 bridgehead atoms. The van der Waals surface area contributed by atoms with E-state index in [9.17, 15) is 4.79 Å². The van der Waals surface area contributed by atoms with Crippen molar-refractivity contribution in [2.24, 2.45) is 0 Å². The first kappa shape index (κ1) is 21.1. The molecular weight excluding hydrogens is 390 g/mol. The summed E-state index contributed by atoms with van der Waals surface area (Å²) in [6.45, 7) is 5.86. The maximum atomic E-state index is 13.0. The molecule has 31 heavy (non-hydrogen) atoms. The number of carbonyl (C=O) groups excluding carboxylic acids is 1. The summed E-state index contributed by atoms with van der Waals surface area (Å²) in [6, 6.07) is 13.3. The number of nitrogens with one attached hydrogen (secondary N) is 1. The van der Waals surface area contributed by atoms with Crippen LogP contribution in [-0.2, 0) is 11.3 Å². The second-order valence-corrected chi connectivity index (χ2v) is 8.19. The van der Waals surface area contributed by atoms with Crippen molar-refractivity contribution in [2.75, 3.05) is 11.9 Å². The van der Waals surface area contributed by atoms with Crippen LogP contribution in [-0.4, -0.2) is 38.2 Å². The minimum atomic E-state index is -0.156. The molecule has 0 saturated carbocycles. The first-order valence-corrected chi connectivity index (χ1v) is 10.9. The number of benzene rings is 1. The predicted molar refractivity (Wildman–Crippen MR) is 120 cm³/mol. The first-order chi connectivity index (χ1) is 15.1. The summed E-state index contributed by atoms with van der Waals surface area (Å²) in [4.78, 5) is 19.6. The number of nitrogens with zero attached hydrogens (tertiary/aromatic N) is 4. The topological polar surface area (TPSA) is 72.3 Å². The van der Waals surface area contributed by atoms with E-state index in [1.807, 2.05) is 47.3 Å². The van der Waals surface area contributed by atoms with Crippen LogP contribution in [0.3, 0.4) is 0 Å². The fourth-order valence-corrected chi connectivity index (χ4v) is 3.80. The highest BCUT2D eigenvalue weighted by Gasteiger charge is 2.29. The quantitative estimate of drug-likeness (QED) is 0.604. The molecule has 1 amide bonds. The van der Waals surface area contributed by atoms with Gasteiger partial charge >= 0.3 is 0 Å². The van der Waals surface area contributed by atoms with Gasteiger partial charge in [-0.05, 0) is 51.4 Å². The normalized spacial score (nSPS) is 16.9. The van der Waals surface area contributed by atoms with Gasteiger partial charge in [-0.15, -0.1) is 0 Å². The van der Waals surface area contributed by atoms with Gasteiger partial charge in [-0.1, -0.05) is 24.6 Å². The van der Waals surface area contributed by atoms with Gasteiger partial charge in [-0.2, -0.15) is 5.10 Å². The SMILES string of the molecule is CC(C)n1cc(CN2CCCC[C@@H]2C(=O)Nc2ccc(Oc3ccccc3)nc2)cn1. The third-order valence-corrected chi connectivity index (χ3v) is 5.46. The monoisotopic (exact) mass is 419 g/mol. The average molecular weight is 420 g/mol. The summed E-state index contributed by atoms with van der Waals surface area (Å²) in [5.41, 5.74) is 1.81. The molecule has 3 aromatic rings. The van der Waals surface area contributed by atoms with Gasteiger partial charge in [0.1, 0.15) is 5.75 Å². The van der Waals surface area contributed by atoms with Gasteiger partial charge in [0.05, 0.1) is 24.1 Å². The largest absolute Gasteiger partial charge is 0.439 e. The molecule has 1 aliphatic heterocycles. The second-order valence-electron chi connectivity index (χ2n) is 8.19. The van der Waals surface area contributed by atoms with E-state index in [-0.39, 0.29) is 11.9 Å². The van der Waals surface area contributed by atoms with Crippen molar-refractivity contribution in [1.29, 1.82) is 0 Å². The highest BCUT2D eigenvalue weighted by atomic mass is 16.5. The molecule has 4 rings (SSSR count). The zero-order valence-electron chi connectivity index (χ0n) is 18.1. The van der Waals surface area contributed by atoms with Crippen LogP contribution in [0.25, 0.3) is 0 Å². The Labute approximate surface area is 183 Å². The fourth-order valence-electron chi connectivity index (χ4n) is 3.80. The number of aromatic nitrogens is 3. The molecule has 1 N–H and O–H groups in total. The highest BCUT2D eigenvalue weighted by Crippen LogP contribution is 2.23. The molecule has 0 spiro atoms. The van der Waals surface area contributed by atoms with Crippen LogP contribution in [0.5, 0.6) is 11.6 Å². The molecule has 3 heterocycles. The van der Waals surface area contributed by atoms with Gasteiger partial charge in [-0.25, -0.2) is 4.98 Å². The maximum Gasteiger partial charge on any atom is 0.241 e.